The number of nitrogens with zero attached hydrogens (tertiary/aromatic N) is 3. The van der Waals surface area contributed by atoms with Gasteiger partial charge in [-0.15, -0.1) is 0 Å². The van der Waals surface area contributed by atoms with Gasteiger partial charge in [0.1, 0.15) is 29.8 Å². The molecule has 1 atom stereocenters. The Labute approximate surface area is 133 Å². The van der Waals surface area contributed by atoms with Crippen LogP contribution in [0.1, 0.15) is 11.1 Å². The third kappa shape index (κ3) is 2.93. The van der Waals surface area contributed by atoms with Crippen molar-refractivity contribution in [1.29, 1.82) is 0 Å². The fourth-order valence-electron chi connectivity index (χ4n) is 2.59. The van der Waals surface area contributed by atoms with Crippen LogP contribution in [-0.4, -0.2) is 27.0 Å². The minimum atomic E-state index is -1.44. The summed E-state index contributed by atoms with van der Waals surface area (Å²) in [5.41, 5.74) is -0.322. The first kappa shape index (κ1) is 15.2. The lowest BCUT2D eigenvalue weighted by molar-refractivity contribution is 0.0546. The molecule has 1 unspecified atom stereocenters. The van der Waals surface area contributed by atoms with Crippen LogP contribution < -0.4 is 4.74 Å². The Morgan fingerprint density at radius 3 is 2.57 bits per heavy atom. The van der Waals surface area contributed by atoms with Crippen molar-refractivity contribution < 1.29 is 14.2 Å². The molecular formula is C17H16FN3O2. The van der Waals surface area contributed by atoms with E-state index in [-0.39, 0.29) is 12.4 Å². The molecule has 0 fully saturated rings. The Morgan fingerprint density at radius 1 is 1.17 bits per heavy atom. The van der Waals surface area contributed by atoms with Crippen molar-refractivity contribution in [2.24, 2.45) is 0 Å². The summed E-state index contributed by atoms with van der Waals surface area (Å²) < 4.78 is 20.2. The number of rotatable bonds is 5. The van der Waals surface area contributed by atoms with E-state index in [0.29, 0.717) is 16.9 Å². The Kier molecular flexibility index (Phi) is 4.08. The van der Waals surface area contributed by atoms with Crippen LogP contribution in [0.15, 0.2) is 61.2 Å². The third-order valence-corrected chi connectivity index (χ3v) is 3.73. The van der Waals surface area contributed by atoms with E-state index in [1.807, 2.05) is 12.1 Å². The smallest absolute Gasteiger partial charge is 0.138 e. The van der Waals surface area contributed by atoms with Crippen LogP contribution in [0.5, 0.6) is 5.75 Å². The van der Waals surface area contributed by atoms with Crippen LogP contribution in [-0.2, 0) is 12.1 Å². The van der Waals surface area contributed by atoms with Crippen molar-refractivity contribution in [2.45, 2.75) is 12.1 Å². The highest BCUT2D eigenvalue weighted by molar-refractivity contribution is 5.44. The molecule has 5 nitrogen and oxygen atoms in total. The maximum absolute atomic E-state index is 13.3. The van der Waals surface area contributed by atoms with Gasteiger partial charge in [-0.2, -0.15) is 5.10 Å². The van der Waals surface area contributed by atoms with Crippen molar-refractivity contribution in [2.75, 3.05) is 7.11 Å². The number of halogens is 1. The summed E-state index contributed by atoms with van der Waals surface area (Å²) in [5, 5.41) is 15.5. The Balaban J connectivity index is 2.14. The van der Waals surface area contributed by atoms with Gasteiger partial charge >= 0.3 is 0 Å². The van der Waals surface area contributed by atoms with Crippen LogP contribution in [0.25, 0.3) is 0 Å². The SMILES string of the molecule is COc1ccccc1C(O)(Cn1cncn1)c1ccc(F)cc1. The average Bonchev–Trinajstić information content (AvgIpc) is 3.08. The maximum Gasteiger partial charge on any atom is 0.138 e. The number of aromatic nitrogens is 3. The summed E-state index contributed by atoms with van der Waals surface area (Å²) >= 11 is 0. The number of aliphatic hydroxyl groups is 1. The predicted molar refractivity (Wildman–Crippen MR) is 82.4 cm³/mol. The molecule has 0 saturated heterocycles. The fraction of sp³-hybridized carbons (Fsp3) is 0.176. The zero-order valence-electron chi connectivity index (χ0n) is 12.6. The second kappa shape index (κ2) is 6.18. The first-order valence-corrected chi connectivity index (χ1v) is 7.08. The highest BCUT2D eigenvalue weighted by atomic mass is 19.1. The molecule has 0 aliphatic rings. The van der Waals surface area contributed by atoms with Crippen molar-refractivity contribution in [3.63, 3.8) is 0 Å². The standard InChI is InChI=1S/C17H16FN3O2/c1-23-16-5-3-2-4-15(16)17(22,10-21-12-19-11-20-21)13-6-8-14(18)9-7-13/h2-9,11-12,22H,10H2,1H3. The number of hydrogen-bond acceptors (Lipinski definition) is 4. The molecule has 1 N–H and O–H groups in total. The van der Waals surface area contributed by atoms with E-state index in [1.54, 1.807) is 31.4 Å². The van der Waals surface area contributed by atoms with Crippen molar-refractivity contribution in [3.8, 4) is 5.75 Å². The summed E-state index contributed by atoms with van der Waals surface area (Å²) in [7, 11) is 1.54. The van der Waals surface area contributed by atoms with E-state index in [4.69, 9.17) is 4.74 Å². The lowest BCUT2D eigenvalue weighted by Gasteiger charge is -2.30. The molecule has 0 radical (unpaired) electrons. The normalized spacial score (nSPS) is 13.5. The fourth-order valence-corrected chi connectivity index (χ4v) is 2.59. The maximum atomic E-state index is 13.3. The first-order chi connectivity index (χ1) is 11.1. The molecule has 2 aromatic carbocycles. The molecule has 6 heteroatoms. The molecule has 1 heterocycles. The molecule has 118 valence electrons. The molecule has 1 aromatic heterocycles. The molecule has 3 rings (SSSR count). The molecule has 23 heavy (non-hydrogen) atoms. The minimum absolute atomic E-state index is 0.124. The highest BCUT2D eigenvalue weighted by Gasteiger charge is 2.35. The molecule has 0 amide bonds. The molecule has 0 aliphatic heterocycles. The Morgan fingerprint density at radius 2 is 1.91 bits per heavy atom. The Hall–Kier alpha value is -2.73. The van der Waals surface area contributed by atoms with Gasteiger partial charge in [0, 0.05) is 5.56 Å². The number of para-hydroxylation sites is 1. The van der Waals surface area contributed by atoms with E-state index in [0.717, 1.165) is 0 Å². The highest BCUT2D eigenvalue weighted by Crippen LogP contribution is 2.36. The Bertz CT molecular complexity index is 775. The van der Waals surface area contributed by atoms with E-state index in [2.05, 4.69) is 10.1 Å². The molecule has 0 bridgehead atoms. The second-order valence-corrected chi connectivity index (χ2v) is 5.16. The average molecular weight is 313 g/mol. The molecule has 0 aliphatic carbocycles. The third-order valence-electron chi connectivity index (χ3n) is 3.73. The lowest BCUT2D eigenvalue weighted by Crippen LogP contribution is -2.33. The van der Waals surface area contributed by atoms with Crippen LogP contribution in [0, 0.1) is 5.82 Å². The van der Waals surface area contributed by atoms with Crippen molar-refractivity contribution in [1.82, 2.24) is 14.8 Å². The lowest BCUT2D eigenvalue weighted by atomic mass is 9.85. The van der Waals surface area contributed by atoms with Crippen LogP contribution >= 0.6 is 0 Å². The summed E-state index contributed by atoms with van der Waals surface area (Å²) in [6.07, 6.45) is 2.91. The van der Waals surface area contributed by atoms with Crippen molar-refractivity contribution >= 4 is 0 Å². The van der Waals surface area contributed by atoms with Gasteiger partial charge in [-0.3, -0.25) is 0 Å². The van der Waals surface area contributed by atoms with Gasteiger partial charge in [-0.25, -0.2) is 14.1 Å². The quantitative estimate of drug-likeness (QED) is 0.785. The zero-order valence-corrected chi connectivity index (χ0v) is 12.6. The summed E-state index contributed by atoms with van der Waals surface area (Å²) in [6.45, 7) is 0.124. The number of hydrogen-bond donors (Lipinski definition) is 1. The second-order valence-electron chi connectivity index (χ2n) is 5.16. The van der Waals surface area contributed by atoms with Crippen LogP contribution in [0.4, 0.5) is 4.39 Å². The number of methoxy groups -OCH3 is 1. The first-order valence-electron chi connectivity index (χ1n) is 7.08. The summed E-state index contributed by atoms with van der Waals surface area (Å²) in [4.78, 5) is 3.90. The van der Waals surface area contributed by atoms with Gasteiger partial charge in [-0.1, -0.05) is 30.3 Å². The van der Waals surface area contributed by atoms with Crippen molar-refractivity contribution in [3.05, 3.63) is 78.1 Å². The minimum Gasteiger partial charge on any atom is -0.496 e. The molecule has 0 saturated carbocycles. The van der Waals surface area contributed by atoms with Gasteiger partial charge in [0.15, 0.2) is 0 Å². The summed E-state index contributed by atoms with van der Waals surface area (Å²) in [5.74, 6) is 0.177. The van der Waals surface area contributed by atoms with Gasteiger partial charge in [0.25, 0.3) is 0 Å². The predicted octanol–water partition coefficient (Wildman–Crippen LogP) is 2.36. The molecule has 3 aromatic rings. The van der Waals surface area contributed by atoms with E-state index < -0.39 is 5.60 Å². The zero-order chi connectivity index (χ0) is 16.3. The summed E-state index contributed by atoms with van der Waals surface area (Å²) in [6, 6.07) is 12.9. The van der Waals surface area contributed by atoms with Gasteiger partial charge in [0.2, 0.25) is 0 Å². The monoisotopic (exact) mass is 313 g/mol. The number of benzene rings is 2. The van der Waals surface area contributed by atoms with Gasteiger partial charge in [0.05, 0.1) is 13.7 Å². The van der Waals surface area contributed by atoms with Crippen LogP contribution in [0.2, 0.25) is 0 Å². The molecule has 0 spiro atoms. The largest absolute Gasteiger partial charge is 0.496 e. The van der Waals surface area contributed by atoms with Gasteiger partial charge in [-0.05, 0) is 23.8 Å². The number of ether oxygens (including phenoxy) is 1. The van der Waals surface area contributed by atoms with E-state index in [9.17, 15) is 9.50 Å². The molecular weight excluding hydrogens is 297 g/mol. The van der Waals surface area contributed by atoms with Gasteiger partial charge < -0.3 is 9.84 Å². The van der Waals surface area contributed by atoms with E-state index in [1.165, 1.54) is 29.5 Å². The topological polar surface area (TPSA) is 60.2 Å². The van der Waals surface area contributed by atoms with Crippen LogP contribution in [0.3, 0.4) is 0 Å². The van der Waals surface area contributed by atoms with E-state index >= 15 is 0 Å².